The molecule has 2 nitrogen and oxygen atoms in total. The Morgan fingerprint density at radius 1 is 1.00 bits per heavy atom. The van der Waals surface area contributed by atoms with Crippen molar-refractivity contribution in [3.8, 4) is 5.75 Å². The van der Waals surface area contributed by atoms with Gasteiger partial charge in [-0.05, 0) is 48.6 Å². The molecule has 0 aromatic heterocycles. The SMILES string of the molecule is CCNC1CC(c2ccc(OCc3ccccc3)cc2)C1. The molecule has 1 N–H and O–H groups in total. The topological polar surface area (TPSA) is 21.3 Å². The average Bonchev–Trinajstić information content (AvgIpc) is 2.50. The van der Waals surface area contributed by atoms with Crippen molar-refractivity contribution in [2.24, 2.45) is 0 Å². The van der Waals surface area contributed by atoms with Gasteiger partial charge in [-0.25, -0.2) is 0 Å². The third-order valence-corrected chi connectivity index (χ3v) is 4.23. The summed E-state index contributed by atoms with van der Waals surface area (Å²) in [5.41, 5.74) is 2.64. The molecule has 0 heterocycles. The van der Waals surface area contributed by atoms with Crippen LogP contribution in [0.5, 0.6) is 5.75 Å². The van der Waals surface area contributed by atoms with Crippen molar-refractivity contribution >= 4 is 0 Å². The molecule has 1 fully saturated rings. The second-order valence-corrected chi connectivity index (χ2v) is 5.77. The zero-order chi connectivity index (χ0) is 14.5. The van der Waals surface area contributed by atoms with Gasteiger partial charge in [-0.15, -0.1) is 0 Å². The Morgan fingerprint density at radius 2 is 1.71 bits per heavy atom. The first-order valence-electron chi connectivity index (χ1n) is 7.85. The van der Waals surface area contributed by atoms with Crippen molar-refractivity contribution < 1.29 is 4.74 Å². The maximum absolute atomic E-state index is 5.83. The van der Waals surface area contributed by atoms with Crippen LogP contribution in [0.25, 0.3) is 0 Å². The van der Waals surface area contributed by atoms with Crippen molar-refractivity contribution in [2.75, 3.05) is 6.54 Å². The van der Waals surface area contributed by atoms with E-state index in [-0.39, 0.29) is 0 Å². The summed E-state index contributed by atoms with van der Waals surface area (Å²) in [4.78, 5) is 0. The van der Waals surface area contributed by atoms with Crippen LogP contribution in [0, 0.1) is 0 Å². The highest BCUT2D eigenvalue weighted by Crippen LogP contribution is 2.37. The lowest BCUT2D eigenvalue weighted by molar-refractivity contribution is 0.294. The van der Waals surface area contributed by atoms with Crippen molar-refractivity contribution in [2.45, 2.75) is 38.3 Å². The average molecular weight is 281 g/mol. The lowest BCUT2D eigenvalue weighted by atomic mass is 9.76. The van der Waals surface area contributed by atoms with Gasteiger partial charge in [0, 0.05) is 6.04 Å². The van der Waals surface area contributed by atoms with Gasteiger partial charge in [0.05, 0.1) is 0 Å². The van der Waals surface area contributed by atoms with Crippen LogP contribution < -0.4 is 10.1 Å². The fraction of sp³-hybridized carbons (Fsp3) is 0.368. The van der Waals surface area contributed by atoms with Gasteiger partial charge < -0.3 is 10.1 Å². The van der Waals surface area contributed by atoms with Crippen LogP contribution in [0.1, 0.15) is 36.8 Å². The zero-order valence-corrected chi connectivity index (χ0v) is 12.6. The molecule has 0 saturated heterocycles. The summed E-state index contributed by atoms with van der Waals surface area (Å²) >= 11 is 0. The van der Waals surface area contributed by atoms with Gasteiger partial charge in [0.2, 0.25) is 0 Å². The molecule has 3 rings (SSSR count). The Hall–Kier alpha value is -1.80. The molecule has 1 saturated carbocycles. The predicted molar refractivity (Wildman–Crippen MR) is 86.7 cm³/mol. The monoisotopic (exact) mass is 281 g/mol. The lowest BCUT2D eigenvalue weighted by Gasteiger charge is -2.36. The molecule has 0 radical (unpaired) electrons. The first-order valence-corrected chi connectivity index (χ1v) is 7.85. The maximum Gasteiger partial charge on any atom is 0.119 e. The molecular formula is C19H23NO. The minimum atomic E-state index is 0.631. The summed E-state index contributed by atoms with van der Waals surface area (Å²) in [7, 11) is 0. The summed E-state index contributed by atoms with van der Waals surface area (Å²) in [5.74, 6) is 1.67. The number of nitrogens with one attached hydrogen (secondary N) is 1. The molecule has 2 aromatic rings. The lowest BCUT2D eigenvalue weighted by Crippen LogP contribution is -2.39. The van der Waals surface area contributed by atoms with Crippen molar-refractivity contribution in [1.29, 1.82) is 0 Å². The number of ether oxygens (including phenoxy) is 1. The standard InChI is InChI=1S/C19H23NO/c1-2-20-18-12-17(13-18)16-8-10-19(11-9-16)21-14-15-6-4-3-5-7-15/h3-11,17-18,20H,2,12-14H2,1H3. The Labute approximate surface area is 127 Å². The van der Waals surface area contributed by atoms with E-state index in [2.05, 4.69) is 48.6 Å². The van der Waals surface area contributed by atoms with E-state index in [0.717, 1.165) is 18.2 Å². The van der Waals surface area contributed by atoms with Crippen LogP contribution in [0.4, 0.5) is 0 Å². The Morgan fingerprint density at radius 3 is 2.38 bits per heavy atom. The normalized spacial score (nSPS) is 20.8. The Kier molecular flexibility index (Phi) is 4.56. The third-order valence-electron chi connectivity index (χ3n) is 4.23. The van der Waals surface area contributed by atoms with E-state index in [4.69, 9.17) is 4.74 Å². The smallest absolute Gasteiger partial charge is 0.119 e. The van der Waals surface area contributed by atoms with Crippen LogP contribution in [0.3, 0.4) is 0 Å². The Balaban J connectivity index is 1.51. The highest BCUT2D eigenvalue weighted by Gasteiger charge is 2.29. The number of rotatable bonds is 6. The quantitative estimate of drug-likeness (QED) is 0.860. The molecule has 2 aromatic carbocycles. The minimum Gasteiger partial charge on any atom is -0.489 e. The third kappa shape index (κ3) is 3.64. The van der Waals surface area contributed by atoms with Crippen LogP contribution in [0.2, 0.25) is 0 Å². The van der Waals surface area contributed by atoms with Crippen molar-refractivity contribution in [3.05, 3.63) is 65.7 Å². The van der Waals surface area contributed by atoms with Crippen LogP contribution >= 0.6 is 0 Å². The molecule has 0 unspecified atom stereocenters. The van der Waals surface area contributed by atoms with Gasteiger partial charge in [0.25, 0.3) is 0 Å². The molecule has 0 aliphatic heterocycles. The first kappa shape index (κ1) is 14.2. The summed E-state index contributed by atoms with van der Waals surface area (Å²) in [6.45, 7) is 3.88. The molecule has 1 aliphatic carbocycles. The second-order valence-electron chi connectivity index (χ2n) is 5.77. The minimum absolute atomic E-state index is 0.631. The van der Waals surface area contributed by atoms with Crippen LogP contribution in [-0.4, -0.2) is 12.6 Å². The maximum atomic E-state index is 5.83. The van der Waals surface area contributed by atoms with Crippen molar-refractivity contribution in [3.63, 3.8) is 0 Å². The van der Waals surface area contributed by atoms with E-state index in [0.29, 0.717) is 12.6 Å². The molecular weight excluding hydrogens is 258 g/mol. The number of benzene rings is 2. The number of hydrogen-bond donors (Lipinski definition) is 1. The molecule has 2 heteroatoms. The molecule has 1 aliphatic rings. The fourth-order valence-corrected chi connectivity index (χ4v) is 2.92. The van der Waals surface area contributed by atoms with Gasteiger partial charge in [-0.2, -0.15) is 0 Å². The summed E-state index contributed by atoms with van der Waals surface area (Å²) in [5, 5.41) is 3.51. The highest BCUT2D eigenvalue weighted by atomic mass is 16.5. The molecule has 0 atom stereocenters. The predicted octanol–water partition coefficient (Wildman–Crippen LogP) is 4.12. The van der Waals surface area contributed by atoms with Crippen molar-refractivity contribution in [1.82, 2.24) is 5.32 Å². The van der Waals surface area contributed by atoms with Gasteiger partial charge in [0.1, 0.15) is 12.4 Å². The van der Waals surface area contributed by atoms with E-state index in [9.17, 15) is 0 Å². The van der Waals surface area contributed by atoms with Crippen LogP contribution in [0.15, 0.2) is 54.6 Å². The van der Waals surface area contributed by atoms with E-state index in [1.807, 2.05) is 18.2 Å². The van der Waals surface area contributed by atoms with Gasteiger partial charge in [-0.3, -0.25) is 0 Å². The number of hydrogen-bond acceptors (Lipinski definition) is 2. The summed E-state index contributed by atoms with van der Waals surface area (Å²) < 4.78 is 5.83. The first-order chi connectivity index (χ1) is 10.3. The fourth-order valence-electron chi connectivity index (χ4n) is 2.92. The summed E-state index contributed by atoms with van der Waals surface area (Å²) in [6, 6.07) is 19.6. The molecule has 0 spiro atoms. The largest absolute Gasteiger partial charge is 0.489 e. The van der Waals surface area contributed by atoms with E-state index in [1.54, 1.807) is 0 Å². The van der Waals surface area contributed by atoms with Gasteiger partial charge in [0.15, 0.2) is 0 Å². The van der Waals surface area contributed by atoms with Gasteiger partial charge in [-0.1, -0.05) is 49.4 Å². The summed E-state index contributed by atoms with van der Waals surface area (Å²) in [6.07, 6.45) is 2.52. The molecule has 0 bridgehead atoms. The van der Waals surface area contributed by atoms with Crippen LogP contribution in [-0.2, 0) is 6.61 Å². The molecule has 0 amide bonds. The van der Waals surface area contributed by atoms with E-state index in [1.165, 1.54) is 24.0 Å². The second kappa shape index (κ2) is 6.77. The zero-order valence-electron chi connectivity index (χ0n) is 12.6. The van der Waals surface area contributed by atoms with E-state index < -0.39 is 0 Å². The molecule has 110 valence electrons. The molecule has 21 heavy (non-hydrogen) atoms. The van der Waals surface area contributed by atoms with E-state index >= 15 is 0 Å². The van der Waals surface area contributed by atoms with Gasteiger partial charge >= 0.3 is 0 Å². The Bertz CT molecular complexity index is 544. The highest BCUT2D eigenvalue weighted by molar-refractivity contribution is 5.31.